The summed E-state index contributed by atoms with van der Waals surface area (Å²) in [7, 11) is 0. The van der Waals surface area contributed by atoms with Gasteiger partial charge in [-0.15, -0.1) is 11.8 Å². The second-order valence-electron chi connectivity index (χ2n) is 4.82. The molecule has 0 radical (unpaired) electrons. The van der Waals surface area contributed by atoms with Crippen molar-refractivity contribution in [1.82, 2.24) is 5.32 Å². The predicted octanol–water partition coefficient (Wildman–Crippen LogP) is 2.77. The fourth-order valence-corrected chi connectivity index (χ4v) is 4.30. The summed E-state index contributed by atoms with van der Waals surface area (Å²) >= 11 is 2.13. The normalized spacial score (nSPS) is 23.0. The topological polar surface area (TPSA) is 12.0 Å². The molecule has 1 aromatic rings. The first-order valence-electron chi connectivity index (χ1n) is 5.77. The lowest BCUT2D eigenvalue weighted by Crippen LogP contribution is -2.39. The number of hydrogen-bond donors (Lipinski definition) is 1. The van der Waals surface area contributed by atoms with E-state index in [1.165, 1.54) is 42.8 Å². The van der Waals surface area contributed by atoms with Crippen molar-refractivity contribution >= 4 is 11.8 Å². The number of thioether (sulfide) groups is 1. The van der Waals surface area contributed by atoms with Crippen LogP contribution in [-0.4, -0.2) is 17.8 Å². The first-order valence-corrected chi connectivity index (χ1v) is 6.58. The number of piperidine rings is 1. The van der Waals surface area contributed by atoms with E-state index in [9.17, 15) is 0 Å². The van der Waals surface area contributed by atoms with Crippen molar-refractivity contribution < 1.29 is 0 Å². The molecule has 15 heavy (non-hydrogen) atoms. The van der Waals surface area contributed by atoms with Gasteiger partial charge in [0.15, 0.2) is 0 Å². The summed E-state index contributed by atoms with van der Waals surface area (Å²) in [4.78, 5) is 1.54. The minimum atomic E-state index is 0.529. The second-order valence-corrected chi connectivity index (χ2v) is 6.33. The van der Waals surface area contributed by atoms with Crippen LogP contribution in [0.1, 0.15) is 24.0 Å². The van der Waals surface area contributed by atoms with Gasteiger partial charge in [0, 0.05) is 9.64 Å². The molecule has 1 N–H and O–H groups in total. The molecule has 2 heteroatoms. The van der Waals surface area contributed by atoms with E-state index in [0.717, 1.165) is 0 Å². The van der Waals surface area contributed by atoms with E-state index >= 15 is 0 Å². The zero-order valence-electron chi connectivity index (χ0n) is 9.18. The van der Waals surface area contributed by atoms with Crippen molar-refractivity contribution in [2.75, 3.05) is 13.1 Å². The van der Waals surface area contributed by atoms with Crippen LogP contribution in [0.2, 0.25) is 0 Å². The Kier molecular flexibility index (Phi) is 2.29. The van der Waals surface area contributed by atoms with Gasteiger partial charge in [-0.25, -0.2) is 0 Å². The van der Waals surface area contributed by atoms with Crippen molar-refractivity contribution in [2.24, 2.45) is 0 Å². The van der Waals surface area contributed by atoms with Gasteiger partial charge in [0.2, 0.25) is 0 Å². The minimum absolute atomic E-state index is 0.529. The van der Waals surface area contributed by atoms with Crippen LogP contribution in [-0.2, 0) is 6.42 Å². The Bertz CT molecular complexity index is 380. The van der Waals surface area contributed by atoms with Gasteiger partial charge in [0.05, 0.1) is 0 Å². The summed E-state index contributed by atoms with van der Waals surface area (Å²) in [5, 5.41) is 3.46. The lowest BCUT2D eigenvalue weighted by molar-refractivity contribution is 0.417. The Labute approximate surface area is 95.6 Å². The van der Waals surface area contributed by atoms with Gasteiger partial charge in [-0.1, -0.05) is 17.7 Å². The Morgan fingerprint density at radius 3 is 2.87 bits per heavy atom. The molecule has 1 fully saturated rings. The smallest absolute Gasteiger partial charge is 0.0272 e. The Hall–Kier alpha value is -0.470. The summed E-state index contributed by atoms with van der Waals surface area (Å²) in [6, 6.07) is 6.94. The molecule has 1 saturated heterocycles. The molecule has 2 aliphatic heterocycles. The molecular formula is C13H17NS. The van der Waals surface area contributed by atoms with Crippen LogP contribution < -0.4 is 5.32 Å². The van der Waals surface area contributed by atoms with Crippen LogP contribution >= 0.6 is 11.8 Å². The van der Waals surface area contributed by atoms with Crippen molar-refractivity contribution in [2.45, 2.75) is 35.8 Å². The maximum atomic E-state index is 3.46. The van der Waals surface area contributed by atoms with E-state index in [4.69, 9.17) is 0 Å². The molecule has 1 spiro atoms. The summed E-state index contributed by atoms with van der Waals surface area (Å²) in [6.45, 7) is 4.58. The third-order valence-electron chi connectivity index (χ3n) is 3.58. The van der Waals surface area contributed by atoms with Gasteiger partial charge in [0.25, 0.3) is 0 Å². The monoisotopic (exact) mass is 219 g/mol. The quantitative estimate of drug-likeness (QED) is 0.720. The molecule has 0 unspecified atom stereocenters. The summed E-state index contributed by atoms with van der Waals surface area (Å²) < 4.78 is 0.529. The van der Waals surface area contributed by atoms with Gasteiger partial charge in [-0.05, 0) is 50.9 Å². The molecule has 1 aromatic carbocycles. The first-order chi connectivity index (χ1) is 7.27. The van der Waals surface area contributed by atoms with E-state index in [0.29, 0.717) is 4.75 Å². The summed E-state index contributed by atoms with van der Waals surface area (Å²) in [5.74, 6) is 0. The number of fused-ring (bicyclic) bond motifs is 1. The summed E-state index contributed by atoms with van der Waals surface area (Å²) in [6.07, 6.45) is 3.94. The largest absolute Gasteiger partial charge is 0.317 e. The molecular weight excluding hydrogens is 202 g/mol. The van der Waals surface area contributed by atoms with Crippen LogP contribution in [0.3, 0.4) is 0 Å². The number of rotatable bonds is 0. The minimum Gasteiger partial charge on any atom is -0.317 e. The van der Waals surface area contributed by atoms with Crippen LogP contribution in [0.4, 0.5) is 0 Å². The second kappa shape index (κ2) is 3.53. The van der Waals surface area contributed by atoms with Crippen molar-refractivity contribution in [1.29, 1.82) is 0 Å². The fourth-order valence-electron chi connectivity index (χ4n) is 2.68. The van der Waals surface area contributed by atoms with E-state index in [1.54, 1.807) is 5.56 Å². The molecule has 1 nitrogen and oxygen atoms in total. The maximum Gasteiger partial charge on any atom is 0.0272 e. The lowest BCUT2D eigenvalue weighted by Gasteiger charge is -2.32. The van der Waals surface area contributed by atoms with E-state index in [2.05, 4.69) is 42.2 Å². The molecule has 0 bridgehead atoms. The highest BCUT2D eigenvalue weighted by Gasteiger charge is 2.38. The van der Waals surface area contributed by atoms with Gasteiger partial charge in [-0.2, -0.15) is 0 Å². The first kappa shape index (κ1) is 9.73. The zero-order chi connectivity index (χ0) is 10.3. The number of aryl methyl sites for hydroxylation is 1. The van der Waals surface area contributed by atoms with Crippen LogP contribution in [0.25, 0.3) is 0 Å². The zero-order valence-corrected chi connectivity index (χ0v) is 9.99. The molecule has 3 rings (SSSR count). The summed E-state index contributed by atoms with van der Waals surface area (Å²) in [5.41, 5.74) is 2.97. The number of hydrogen-bond acceptors (Lipinski definition) is 2. The van der Waals surface area contributed by atoms with Gasteiger partial charge in [0.1, 0.15) is 0 Å². The molecule has 0 amide bonds. The highest BCUT2D eigenvalue weighted by atomic mass is 32.2. The fraction of sp³-hybridized carbons (Fsp3) is 0.538. The third kappa shape index (κ3) is 1.70. The van der Waals surface area contributed by atoms with Crippen LogP contribution in [0, 0.1) is 6.92 Å². The number of benzene rings is 1. The SMILES string of the molecule is Cc1ccc2c(c1)SC1(CCNCC1)C2. The maximum absolute atomic E-state index is 3.46. The molecule has 0 atom stereocenters. The Balaban J connectivity index is 1.90. The van der Waals surface area contributed by atoms with E-state index in [1.807, 2.05) is 0 Å². The molecule has 2 heterocycles. The molecule has 0 aliphatic carbocycles. The van der Waals surface area contributed by atoms with Crippen molar-refractivity contribution in [3.05, 3.63) is 29.3 Å². The predicted molar refractivity (Wildman–Crippen MR) is 65.6 cm³/mol. The molecule has 2 aliphatic rings. The third-order valence-corrected chi connectivity index (χ3v) is 5.16. The highest BCUT2D eigenvalue weighted by Crippen LogP contribution is 2.49. The van der Waals surface area contributed by atoms with Gasteiger partial charge < -0.3 is 5.32 Å². The number of nitrogens with one attached hydrogen (secondary N) is 1. The molecule has 0 saturated carbocycles. The average molecular weight is 219 g/mol. The van der Waals surface area contributed by atoms with Crippen LogP contribution in [0.15, 0.2) is 23.1 Å². The Morgan fingerprint density at radius 1 is 1.27 bits per heavy atom. The van der Waals surface area contributed by atoms with E-state index in [-0.39, 0.29) is 0 Å². The van der Waals surface area contributed by atoms with E-state index < -0.39 is 0 Å². The standard InChI is InChI=1S/C13H17NS/c1-10-2-3-11-9-13(15-12(11)8-10)4-6-14-7-5-13/h2-3,8,14H,4-7,9H2,1H3. The van der Waals surface area contributed by atoms with Gasteiger partial charge in [-0.3, -0.25) is 0 Å². The van der Waals surface area contributed by atoms with Crippen molar-refractivity contribution in [3.63, 3.8) is 0 Å². The lowest BCUT2D eigenvalue weighted by atomic mass is 9.90. The highest BCUT2D eigenvalue weighted by molar-refractivity contribution is 8.01. The average Bonchev–Trinajstić information content (AvgIpc) is 2.56. The van der Waals surface area contributed by atoms with Crippen molar-refractivity contribution in [3.8, 4) is 0 Å². The van der Waals surface area contributed by atoms with Crippen LogP contribution in [0.5, 0.6) is 0 Å². The van der Waals surface area contributed by atoms with Gasteiger partial charge >= 0.3 is 0 Å². The molecule has 0 aromatic heterocycles. The Morgan fingerprint density at radius 2 is 2.07 bits per heavy atom. The molecule has 80 valence electrons.